The van der Waals surface area contributed by atoms with E-state index in [2.05, 4.69) is 10.0 Å². The lowest BCUT2D eigenvalue weighted by Gasteiger charge is -2.17. The first kappa shape index (κ1) is 16.6. The third-order valence-corrected chi connectivity index (χ3v) is 4.99. The standard InChI is InChI=1S/C14H20N2O5S/c1-20-10-6-7-12(21-2)13(9-10)22(18,19)16-11-5-3-4-8-15-14(11)17/h6-7,9,11,16H,3-5,8H2,1-2H3,(H,15,17)/t11-/m1/s1. The van der Waals surface area contributed by atoms with E-state index in [4.69, 9.17) is 9.47 Å². The molecule has 7 nitrogen and oxygen atoms in total. The molecule has 2 rings (SSSR count). The molecule has 0 unspecified atom stereocenters. The van der Waals surface area contributed by atoms with Crippen molar-refractivity contribution >= 4 is 15.9 Å². The van der Waals surface area contributed by atoms with E-state index in [0.717, 1.165) is 12.8 Å². The highest BCUT2D eigenvalue weighted by Crippen LogP contribution is 2.28. The number of amides is 1. The molecule has 0 aliphatic carbocycles. The van der Waals surface area contributed by atoms with Gasteiger partial charge in [0.2, 0.25) is 15.9 Å². The first-order valence-corrected chi connectivity index (χ1v) is 8.48. The number of hydrogen-bond acceptors (Lipinski definition) is 5. The number of carbonyl (C=O) groups excluding carboxylic acids is 1. The van der Waals surface area contributed by atoms with Crippen molar-refractivity contribution in [2.45, 2.75) is 30.2 Å². The van der Waals surface area contributed by atoms with E-state index in [1.165, 1.54) is 26.4 Å². The second kappa shape index (κ2) is 6.97. The molecule has 1 aromatic carbocycles. The Bertz CT molecular complexity index is 645. The van der Waals surface area contributed by atoms with Crippen molar-refractivity contribution < 1.29 is 22.7 Å². The second-order valence-electron chi connectivity index (χ2n) is 4.98. The number of ether oxygens (including phenoxy) is 2. The maximum absolute atomic E-state index is 12.6. The zero-order valence-electron chi connectivity index (χ0n) is 12.6. The summed E-state index contributed by atoms with van der Waals surface area (Å²) in [7, 11) is -1.06. The third-order valence-electron chi connectivity index (χ3n) is 3.49. The van der Waals surface area contributed by atoms with Crippen molar-refractivity contribution in [3.63, 3.8) is 0 Å². The second-order valence-corrected chi connectivity index (χ2v) is 6.66. The maximum Gasteiger partial charge on any atom is 0.245 e. The minimum absolute atomic E-state index is 0.0496. The van der Waals surface area contributed by atoms with Crippen LogP contribution in [0.5, 0.6) is 11.5 Å². The number of hydrogen-bond donors (Lipinski definition) is 2. The number of sulfonamides is 1. The Morgan fingerprint density at radius 3 is 2.68 bits per heavy atom. The van der Waals surface area contributed by atoms with Gasteiger partial charge in [-0.15, -0.1) is 0 Å². The highest BCUT2D eigenvalue weighted by Gasteiger charge is 2.29. The van der Waals surface area contributed by atoms with Crippen LogP contribution in [-0.4, -0.2) is 41.1 Å². The summed E-state index contributed by atoms with van der Waals surface area (Å²) in [5.41, 5.74) is 0. The SMILES string of the molecule is COc1ccc(OC)c(S(=O)(=O)N[C@@H]2CCCCNC2=O)c1. The van der Waals surface area contributed by atoms with Crippen molar-refractivity contribution in [2.75, 3.05) is 20.8 Å². The van der Waals surface area contributed by atoms with Crippen LogP contribution < -0.4 is 19.5 Å². The predicted octanol–water partition coefficient (Wildman–Crippen LogP) is 0.651. The average molecular weight is 328 g/mol. The van der Waals surface area contributed by atoms with Gasteiger partial charge in [-0.05, 0) is 31.4 Å². The fourth-order valence-electron chi connectivity index (χ4n) is 2.30. The molecule has 1 amide bonds. The van der Waals surface area contributed by atoms with Gasteiger partial charge in [0, 0.05) is 12.6 Å². The highest BCUT2D eigenvalue weighted by atomic mass is 32.2. The molecule has 2 N–H and O–H groups in total. The average Bonchev–Trinajstić information content (AvgIpc) is 2.71. The maximum atomic E-state index is 12.6. The lowest BCUT2D eigenvalue weighted by Crippen LogP contribution is -2.45. The summed E-state index contributed by atoms with van der Waals surface area (Å²) in [4.78, 5) is 11.9. The Hall–Kier alpha value is -1.80. The highest BCUT2D eigenvalue weighted by molar-refractivity contribution is 7.89. The Kier molecular flexibility index (Phi) is 5.25. The summed E-state index contributed by atoms with van der Waals surface area (Å²) in [6.07, 6.45) is 2.09. The third kappa shape index (κ3) is 3.69. The van der Waals surface area contributed by atoms with E-state index in [0.29, 0.717) is 18.7 Å². The largest absolute Gasteiger partial charge is 0.497 e. The minimum Gasteiger partial charge on any atom is -0.497 e. The van der Waals surface area contributed by atoms with Crippen molar-refractivity contribution in [1.82, 2.24) is 10.0 Å². The van der Waals surface area contributed by atoms with Crippen molar-refractivity contribution in [3.05, 3.63) is 18.2 Å². The molecule has 0 radical (unpaired) electrons. The molecule has 0 aromatic heterocycles. The van der Waals surface area contributed by atoms with E-state index in [1.54, 1.807) is 6.07 Å². The van der Waals surface area contributed by atoms with Crippen LogP contribution in [0.3, 0.4) is 0 Å². The summed E-state index contributed by atoms with van der Waals surface area (Å²) in [5, 5.41) is 2.70. The van der Waals surface area contributed by atoms with Crippen molar-refractivity contribution in [1.29, 1.82) is 0 Å². The molecule has 22 heavy (non-hydrogen) atoms. The summed E-state index contributed by atoms with van der Waals surface area (Å²) in [6.45, 7) is 0.569. The molecule has 0 saturated carbocycles. The predicted molar refractivity (Wildman–Crippen MR) is 80.5 cm³/mol. The summed E-state index contributed by atoms with van der Waals surface area (Å²) < 4.78 is 37.8. The van der Waals surface area contributed by atoms with Crippen LogP contribution in [0.2, 0.25) is 0 Å². The Labute approximate surface area is 130 Å². The van der Waals surface area contributed by atoms with Gasteiger partial charge in [0.25, 0.3) is 0 Å². The molecule has 1 aliphatic rings. The van der Waals surface area contributed by atoms with Crippen LogP contribution in [0.25, 0.3) is 0 Å². The Morgan fingerprint density at radius 1 is 1.23 bits per heavy atom. The molecule has 1 heterocycles. The zero-order chi connectivity index (χ0) is 16.2. The number of rotatable bonds is 5. The van der Waals surface area contributed by atoms with Crippen LogP contribution in [0, 0.1) is 0 Å². The lowest BCUT2D eigenvalue weighted by molar-refractivity contribution is -0.122. The molecule has 0 spiro atoms. The van der Waals surface area contributed by atoms with E-state index < -0.39 is 16.1 Å². The van der Waals surface area contributed by atoms with Crippen LogP contribution in [0.4, 0.5) is 0 Å². The van der Waals surface area contributed by atoms with Gasteiger partial charge in [-0.3, -0.25) is 4.79 Å². The van der Waals surface area contributed by atoms with Gasteiger partial charge in [-0.25, -0.2) is 8.42 Å². The first-order chi connectivity index (χ1) is 10.5. The fourth-order valence-corrected chi connectivity index (χ4v) is 3.71. The molecule has 1 fully saturated rings. The number of methoxy groups -OCH3 is 2. The van der Waals surface area contributed by atoms with Gasteiger partial charge in [-0.2, -0.15) is 4.72 Å². The molecule has 1 aromatic rings. The van der Waals surface area contributed by atoms with Crippen LogP contribution >= 0.6 is 0 Å². The van der Waals surface area contributed by atoms with E-state index in [9.17, 15) is 13.2 Å². The van der Waals surface area contributed by atoms with Gasteiger partial charge in [-0.1, -0.05) is 0 Å². The van der Waals surface area contributed by atoms with E-state index in [-0.39, 0.29) is 16.6 Å². The summed E-state index contributed by atoms with van der Waals surface area (Å²) in [5.74, 6) is 0.289. The molecule has 1 saturated heterocycles. The topological polar surface area (TPSA) is 93.7 Å². The molecule has 1 atom stereocenters. The number of nitrogens with one attached hydrogen (secondary N) is 2. The lowest BCUT2D eigenvalue weighted by atomic mass is 10.1. The van der Waals surface area contributed by atoms with Gasteiger partial charge in [0.15, 0.2) is 0 Å². The monoisotopic (exact) mass is 328 g/mol. The van der Waals surface area contributed by atoms with Crippen LogP contribution in [-0.2, 0) is 14.8 Å². The van der Waals surface area contributed by atoms with Gasteiger partial charge in [0.1, 0.15) is 22.4 Å². The molecule has 1 aliphatic heterocycles. The quantitative estimate of drug-likeness (QED) is 0.828. The Morgan fingerprint density at radius 2 is 2.00 bits per heavy atom. The summed E-state index contributed by atoms with van der Waals surface area (Å²) in [6, 6.07) is 3.72. The summed E-state index contributed by atoms with van der Waals surface area (Å²) >= 11 is 0. The Balaban J connectivity index is 2.31. The molecular weight excluding hydrogens is 308 g/mol. The normalized spacial score (nSPS) is 19.2. The first-order valence-electron chi connectivity index (χ1n) is 7.00. The van der Waals surface area contributed by atoms with Crippen molar-refractivity contribution in [2.24, 2.45) is 0 Å². The van der Waals surface area contributed by atoms with Crippen LogP contribution in [0.15, 0.2) is 23.1 Å². The van der Waals surface area contributed by atoms with E-state index in [1.807, 2.05) is 0 Å². The minimum atomic E-state index is -3.90. The molecule has 122 valence electrons. The van der Waals surface area contributed by atoms with Crippen LogP contribution in [0.1, 0.15) is 19.3 Å². The number of carbonyl (C=O) groups is 1. The van der Waals surface area contributed by atoms with Gasteiger partial charge < -0.3 is 14.8 Å². The fraction of sp³-hybridized carbons (Fsp3) is 0.500. The number of benzene rings is 1. The molecular formula is C14H20N2O5S. The van der Waals surface area contributed by atoms with Gasteiger partial charge >= 0.3 is 0 Å². The van der Waals surface area contributed by atoms with Crippen molar-refractivity contribution in [3.8, 4) is 11.5 Å². The molecule has 8 heteroatoms. The zero-order valence-corrected chi connectivity index (χ0v) is 13.4. The van der Waals surface area contributed by atoms with Gasteiger partial charge in [0.05, 0.1) is 14.2 Å². The molecule has 0 bridgehead atoms. The smallest absolute Gasteiger partial charge is 0.245 e. The van der Waals surface area contributed by atoms with E-state index >= 15 is 0 Å².